The Morgan fingerprint density at radius 2 is 2.24 bits per heavy atom. The van der Waals surface area contributed by atoms with Crippen molar-refractivity contribution in [1.29, 1.82) is 0 Å². The molecule has 0 radical (unpaired) electrons. The summed E-state index contributed by atoms with van der Waals surface area (Å²) in [6.45, 7) is 1.99. The molecule has 0 aliphatic heterocycles. The Morgan fingerprint density at radius 1 is 1.41 bits per heavy atom. The topological polar surface area (TPSA) is 45.8 Å². The summed E-state index contributed by atoms with van der Waals surface area (Å²) < 4.78 is 13.2. The Morgan fingerprint density at radius 3 is 2.94 bits per heavy atom. The van der Waals surface area contributed by atoms with Crippen molar-refractivity contribution < 1.29 is 4.39 Å². The lowest BCUT2D eigenvalue weighted by Gasteiger charge is -2.06. The Kier molecular flexibility index (Phi) is 3.32. The highest BCUT2D eigenvalue weighted by Gasteiger charge is 2.10. The Balaban J connectivity index is 2.59. The number of nitrogens with one attached hydrogen (secondary N) is 1. The summed E-state index contributed by atoms with van der Waals surface area (Å²) in [5.74, 6) is -0.327. The average molecular weight is 232 g/mol. The molecule has 0 aliphatic carbocycles. The molecule has 0 fully saturated rings. The molecular formula is C13H13FN2O. The van der Waals surface area contributed by atoms with E-state index in [1.807, 2.05) is 6.92 Å². The largest absolute Gasteiger partial charge is 0.313 e. The smallest absolute Gasteiger partial charge is 0.254 e. The van der Waals surface area contributed by atoms with Crippen molar-refractivity contribution >= 4 is 0 Å². The normalized spacial score (nSPS) is 10.5. The third-order valence-electron chi connectivity index (χ3n) is 2.55. The third kappa shape index (κ3) is 2.41. The fraction of sp³-hybridized carbons (Fsp3) is 0.231. The molecule has 0 saturated carbocycles. The maximum atomic E-state index is 13.2. The number of aromatic amines is 1. The van der Waals surface area contributed by atoms with Gasteiger partial charge in [-0.2, -0.15) is 0 Å². The van der Waals surface area contributed by atoms with Gasteiger partial charge in [0.05, 0.1) is 12.0 Å². The van der Waals surface area contributed by atoms with E-state index in [9.17, 15) is 9.18 Å². The van der Waals surface area contributed by atoms with Gasteiger partial charge in [-0.15, -0.1) is 0 Å². The van der Waals surface area contributed by atoms with Crippen molar-refractivity contribution in [2.45, 2.75) is 19.8 Å². The van der Waals surface area contributed by atoms with Crippen LogP contribution >= 0.6 is 0 Å². The molecule has 2 aromatic rings. The predicted octanol–water partition coefficient (Wildman–Crippen LogP) is 2.53. The zero-order valence-corrected chi connectivity index (χ0v) is 9.53. The first-order valence-electron chi connectivity index (χ1n) is 5.55. The molecule has 0 atom stereocenters. The van der Waals surface area contributed by atoms with E-state index in [2.05, 4.69) is 9.97 Å². The van der Waals surface area contributed by atoms with E-state index in [4.69, 9.17) is 0 Å². The number of hydrogen-bond donors (Lipinski definition) is 1. The molecule has 1 heterocycles. The van der Waals surface area contributed by atoms with Crippen LogP contribution in [0.5, 0.6) is 0 Å². The van der Waals surface area contributed by atoms with Gasteiger partial charge in [0, 0.05) is 11.1 Å². The van der Waals surface area contributed by atoms with Crippen LogP contribution < -0.4 is 5.56 Å². The van der Waals surface area contributed by atoms with Crippen molar-refractivity contribution in [3.63, 3.8) is 0 Å². The quantitative estimate of drug-likeness (QED) is 0.883. The zero-order chi connectivity index (χ0) is 12.3. The standard InChI is InChI=1S/C13H13FN2O/c1-2-4-11-12(15-8-16-13(11)17)9-5-3-6-10(14)7-9/h3,5-8H,2,4H2,1H3,(H,15,16,17). The Bertz CT molecular complexity index is 578. The van der Waals surface area contributed by atoms with Crippen LogP contribution in [-0.4, -0.2) is 9.97 Å². The molecule has 1 aromatic heterocycles. The van der Waals surface area contributed by atoms with Gasteiger partial charge in [-0.3, -0.25) is 4.79 Å². The van der Waals surface area contributed by atoms with Crippen LogP contribution in [0.2, 0.25) is 0 Å². The number of hydrogen-bond acceptors (Lipinski definition) is 2. The summed E-state index contributed by atoms with van der Waals surface area (Å²) in [7, 11) is 0. The second-order valence-electron chi connectivity index (χ2n) is 3.82. The molecule has 1 N–H and O–H groups in total. The van der Waals surface area contributed by atoms with E-state index < -0.39 is 0 Å². The second-order valence-corrected chi connectivity index (χ2v) is 3.82. The van der Waals surface area contributed by atoms with Crippen molar-refractivity contribution in [1.82, 2.24) is 9.97 Å². The predicted molar refractivity (Wildman–Crippen MR) is 64.2 cm³/mol. The fourth-order valence-corrected chi connectivity index (χ4v) is 1.79. The first kappa shape index (κ1) is 11.5. The minimum atomic E-state index is -0.327. The maximum Gasteiger partial charge on any atom is 0.254 e. The van der Waals surface area contributed by atoms with Gasteiger partial charge in [-0.1, -0.05) is 25.5 Å². The van der Waals surface area contributed by atoms with Crippen LogP contribution in [0.25, 0.3) is 11.3 Å². The van der Waals surface area contributed by atoms with Gasteiger partial charge in [-0.05, 0) is 18.6 Å². The minimum Gasteiger partial charge on any atom is -0.313 e. The third-order valence-corrected chi connectivity index (χ3v) is 2.55. The number of halogens is 1. The summed E-state index contributed by atoms with van der Waals surface area (Å²) >= 11 is 0. The van der Waals surface area contributed by atoms with E-state index in [1.165, 1.54) is 18.5 Å². The molecular weight excluding hydrogens is 219 g/mol. The number of nitrogens with zero attached hydrogens (tertiary/aromatic N) is 1. The SMILES string of the molecule is CCCc1c(-c2cccc(F)c2)nc[nH]c1=O. The van der Waals surface area contributed by atoms with Gasteiger partial charge in [0.2, 0.25) is 0 Å². The summed E-state index contributed by atoms with van der Waals surface area (Å²) in [6, 6.07) is 6.13. The maximum absolute atomic E-state index is 13.2. The first-order chi connectivity index (χ1) is 8.22. The van der Waals surface area contributed by atoms with Gasteiger partial charge in [0.1, 0.15) is 5.82 Å². The second kappa shape index (κ2) is 4.91. The van der Waals surface area contributed by atoms with Gasteiger partial charge < -0.3 is 4.98 Å². The Labute approximate surface area is 98.3 Å². The lowest BCUT2D eigenvalue weighted by molar-refractivity contribution is 0.628. The van der Waals surface area contributed by atoms with E-state index in [1.54, 1.807) is 12.1 Å². The molecule has 0 unspecified atom stereocenters. The monoisotopic (exact) mass is 232 g/mol. The molecule has 0 bridgehead atoms. The highest BCUT2D eigenvalue weighted by atomic mass is 19.1. The van der Waals surface area contributed by atoms with E-state index >= 15 is 0 Å². The highest BCUT2D eigenvalue weighted by molar-refractivity contribution is 5.62. The lowest BCUT2D eigenvalue weighted by Crippen LogP contribution is -2.14. The van der Waals surface area contributed by atoms with Gasteiger partial charge in [-0.25, -0.2) is 9.37 Å². The molecule has 17 heavy (non-hydrogen) atoms. The molecule has 0 saturated heterocycles. The van der Waals surface area contributed by atoms with Crippen LogP contribution in [-0.2, 0) is 6.42 Å². The van der Waals surface area contributed by atoms with Crippen LogP contribution in [0.4, 0.5) is 4.39 Å². The van der Waals surface area contributed by atoms with E-state index in [0.717, 1.165) is 6.42 Å². The van der Waals surface area contributed by atoms with Crippen molar-refractivity contribution in [3.8, 4) is 11.3 Å². The van der Waals surface area contributed by atoms with Crippen LogP contribution in [0.15, 0.2) is 35.4 Å². The molecule has 0 spiro atoms. The zero-order valence-electron chi connectivity index (χ0n) is 9.53. The molecule has 4 heteroatoms. The van der Waals surface area contributed by atoms with Crippen molar-refractivity contribution in [2.24, 2.45) is 0 Å². The highest BCUT2D eigenvalue weighted by Crippen LogP contribution is 2.20. The molecule has 88 valence electrons. The number of H-pyrrole nitrogens is 1. The fourth-order valence-electron chi connectivity index (χ4n) is 1.79. The molecule has 3 nitrogen and oxygen atoms in total. The average Bonchev–Trinajstić information content (AvgIpc) is 2.32. The van der Waals surface area contributed by atoms with E-state index in [-0.39, 0.29) is 11.4 Å². The van der Waals surface area contributed by atoms with Crippen molar-refractivity contribution in [3.05, 3.63) is 52.3 Å². The summed E-state index contributed by atoms with van der Waals surface area (Å²) in [6.07, 6.45) is 2.83. The number of benzene rings is 1. The van der Waals surface area contributed by atoms with Crippen molar-refractivity contribution in [2.75, 3.05) is 0 Å². The molecule has 0 amide bonds. The molecule has 0 aliphatic rings. The summed E-state index contributed by atoms with van der Waals surface area (Å²) in [5.41, 5.74) is 1.66. The van der Waals surface area contributed by atoms with Crippen LogP contribution in [0.1, 0.15) is 18.9 Å². The minimum absolute atomic E-state index is 0.152. The summed E-state index contributed by atoms with van der Waals surface area (Å²) in [5, 5.41) is 0. The van der Waals surface area contributed by atoms with Crippen LogP contribution in [0.3, 0.4) is 0 Å². The summed E-state index contributed by atoms with van der Waals surface area (Å²) in [4.78, 5) is 18.4. The first-order valence-corrected chi connectivity index (χ1v) is 5.55. The molecule has 1 aromatic carbocycles. The van der Waals surface area contributed by atoms with E-state index in [0.29, 0.717) is 23.2 Å². The number of aromatic nitrogens is 2. The Hall–Kier alpha value is -1.97. The van der Waals surface area contributed by atoms with Gasteiger partial charge in [0.25, 0.3) is 5.56 Å². The molecule has 2 rings (SSSR count). The lowest BCUT2D eigenvalue weighted by atomic mass is 10.0. The van der Waals surface area contributed by atoms with Gasteiger partial charge >= 0.3 is 0 Å². The van der Waals surface area contributed by atoms with Gasteiger partial charge in [0.15, 0.2) is 0 Å². The van der Waals surface area contributed by atoms with Crippen LogP contribution in [0, 0.1) is 5.82 Å². The number of rotatable bonds is 3.